The third-order valence-electron chi connectivity index (χ3n) is 3.87. The van der Waals surface area contributed by atoms with Crippen molar-refractivity contribution < 1.29 is 23.8 Å². The molecule has 0 aliphatic carbocycles. The zero-order valence-electron chi connectivity index (χ0n) is 14.2. The van der Waals surface area contributed by atoms with E-state index in [4.69, 9.17) is 14.2 Å². The van der Waals surface area contributed by atoms with E-state index in [1.807, 2.05) is 35.2 Å². The molecule has 1 aromatic carbocycles. The molecule has 7 nitrogen and oxygen atoms in total. The number of carbonyl (C=O) groups excluding carboxylic acids is 2. The minimum atomic E-state index is -0.536. The smallest absolute Gasteiger partial charge is 0.350 e. The van der Waals surface area contributed by atoms with Crippen LogP contribution in [0, 0.1) is 0 Å². The highest BCUT2D eigenvalue weighted by molar-refractivity contribution is 7.12. The molecule has 0 radical (unpaired) electrons. The molecule has 1 amide bonds. The monoisotopic (exact) mass is 384 g/mol. The van der Waals surface area contributed by atoms with Gasteiger partial charge in [0.1, 0.15) is 18.1 Å². The highest BCUT2D eigenvalue weighted by Crippen LogP contribution is 2.32. The molecule has 0 saturated heterocycles. The van der Waals surface area contributed by atoms with E-state index in [-0.39, 0.29) is 6.61 Å². The third kappa shape index (κ3) is 3.80. The predicted molar refractivity (Wildman–Crippen MR) is 100.0 cm³/mol. The number of nitrogens with zero attached hydrogens (tertiary/aromatic N) is 1. The van der Waals surface area contributed by atoms with Crippen molar-refractivity contribution in [1.82, 2.24) is 4.57 Å². The Bertz CT molecular complexity index is 964. The molecular formula is C19H16N2O5S. The fraction of sp³-hybridized carbons (Fsp3) is 0.158. The maximum absolute atomic E-state index is 12.3. The van der Waals surface area contributed by atoms with E-state index in [0.29, 0.717) is 35.3 Å². The van der Waals surface area contributed by atoms with Gasteiger partial charge in [0.15, 0.2) is 18.1 Å². The molecule has 0 bridgehead atoms. The van der Waals surface area contributed by atoms with E-state index in [2.05, 4.69) is 5.32 Å². The normalized spacial score (nSPS) is 12.4. The van der Waals surface area contributed by atoms with Crippen LogP contribution in [0.25, 0.3) is 5.69 Å². The summed E-state index contributed by atoms with van der Waals surface area (Å²) >= 11 is 1.27. The summed E-state index contributed by atoms with van der Waals surface area (Å²) in [6.07, 6.45) is 3.68. The number of esters is 1. The largest absolute Gasteiger partial charge is 0.486 e. The van der Waals surface area contributed by atoms with Crippen LogP contribution in [-0.2, 0) is 9.53 Å². The molecule has 138 valence electrons. The lowest BCUT2D eigenvalue weighted by molar-refractivity contribution is -0.119. The van der Waals surface area contributed by atoms with Gasteiger partial charge in [0.25, 0.3) is 5.91 Å². The highest BCUT2D eigenvalue weighted by Gasteiger charge is 2.18. The number of aromatic nitrogens is 1. The van der Waals surface area contributed by atoms with Gasteiger partial charge in [0, 0.05) is 24.1 Å². The van der Waals surface area contributed by atoms with Crippen molar-refractivity contribution in [2.45, 2.75) is 0 Å². The van der Waals surface area contributed by atoms with Crippen LogP contribution in [0.15, 0.2) is 54.2 Å². The van der Waals surface area contributed by atoms with Gasteiger partial charge in [-0.1, -0.05) is 0 Å². The van der Waals surface area contributed by atoms with Gasteiger partial charge in [-0.2, -0.15) is 0 Å². The highest BCUT2D eigenvalue weighted by atomic mass is 32.1. The van der Waals surface area contributed by atoms with Crippen LogP contribution in [0.2, 0.25) is 0 Å². The van der Waals surface area contributed by atoms with Gasteiger partial charge in [-0.05, 0) is 35.7 Å². The lowest BCUT2D eigenvalue weighted by Gasteiger charge is -2.19. The van der Waals surface area contributed by atoms with E-state index >= 15 is 0 Å². The molecule has 3 heterocycles. The van der Waals surface area contributed by atoms with E-state index in [1.54, 1.807) is 23.6 Å². The molecule has 0 spiro atoms. The van der Waals surface area contributed by atoms with Gasteiger partial charge in [-0.25, -0.2) is 4.79 Å². The van der Waals surface area contributed by atoms with Crippen molar-refractivity contribution in [3.8, 4) is 17.2 Å². The minimum absolute atomic E-state index is 0.379. The van der Waals surface area contributed by atoms with Crippen molar-refractivity contribution >= 4 is 28.9 Å². The molecule has 0 fully saturated rings. The Balaban J connectivity index is 1.36. The van der Waals surface area contributed by atoms with Crippen molar-refractivity contribution in [2.75, 3.05) is 25.1 Å². The van der Waals surface area contributed by atoms with Gasteiger partial charge in [-0.15, -0.1) is 11.3 Å². The number of hydrogen-bond donors (Lipinski definition) is 1. The van der Waals surface area contributed by atoms with Gasteiger partial charge in [0.2, 0.25) is 0 Å². The number of thiophene rings is 1. The first-order chi connectivity index (χ1) is 13.2. The molecule has 4 rings (SSSR count). The number of benzene rings is 1. The summed E-state index contributed by atoms with van der Waals surface area (Å²) in [7, 11) is 0. The second-order valence-corrected chi connectivity index (χ2v) is 6.62. The van der Waals surface area contributed by atoms with E-state index in [1.165, 1.54) is 11.3 Å². The number of rotatable bonds is 5. The lowest BCUT2D eigenvalue weighted by Crippen LogP contribution is -2.21. The molecule has 1 aliphatic rings. The maximum Gasteiger partial charge on any atom is 0.350 e. The van der Waals surface area contributed by atoms with Crippen molar-refractivity contribution in [3.63, 3.8) is 0 Å². The number of anilines is 1. The van der Waals surface area contributed by atoms with Crippen molar-refractivity contribution in [2.24, 2.45) is 0 Å². The van der Waals surface area contributed by atoms with Crippen LogP contribution in [0.3, 0.4) is 0 Å². The molecule has 0 unspecified atom stereocenters. The number of nitrogens with one attached hydrogen (secondary N) is 1. The van der Waals surface area contributed by atoms with E-state index in [0.717, 1.165) is 5.69 Å². The third-order valence-corrected chi connectivity index (χ3v) is 4.76. The maximum atomic E-state index is 12.3. The first-order valence-corrected chi connectivity index (χ1v) is 9.16. The van der Waals surface area contributed by atoms with Gasteiger partial charge in [-0.3, -0.25) is 4.79 Å². The Kier molecular flexibility index (Phi) is 4.80. The Hall–Kier alpha value is -3.26. The summed E-state index contributed by atoms with van der Waals surface area (Å²) < 4.78 is 17.9. The molecule has 1 N–H and O–H groups in total. The fourth-order valence-corrected chi connectivity index (χ4v) is 3.45. The zero-order chi connectivity index (χ0) is 18.6. The molecule has 2 aromatic heterocycles. The van der Waals surface area contributed by atoms with Gasteiger partial charge < -0.3 is 24.1 Å². The van der Waals surface area contributed by atoms with Crippen LogP contribution in [-0.4, -0.2) is 36.3 Å². The quantitative estimate of drug-likeness (QED) is 0.684. The summed E-state index contributed by atoms with van der Waals surface area (Å²) in [6.45, 7) is 0.589. The molecule has 27 heavy (non-hydrogen) atoms. The van der Waals surface area contributed by atoms with Crippen molar-refractivity contribution in [1.29, 1.82) is 0 Å². The van der Waals surface area contributed by atoms with Crippen LogP contribution >= 0.6 is 11.3 Å². The summed E-state index contributed by atoms with van der Waals surface area (Å²) in [6, 6.07) is 10.7. The first kappa shape index (κ1) is 17.2. The fourth-order valence-electron chi connectivity index (χ4n) is 2.67. The van der Waals surface area contributed by atoms with Crippen LogP contribution in [0.4, 0.5) is 5.69 Å². The first-order valence-electron chi connectivity index (χ1n) is 8.28. The topological polar surface area (TPSA) is 78.8 Å². The second kappa shape index (κ2) is 7.55. The number of amides is 1. The molecule has 8 heteroatoms. The Morgan fingerprint density at radius 2 is 1.89 bits per heavy atom. The number of fused-ring (bicyclic) bond motifs is 1. The number of hydrogen-bond acceptors (Lipinski definition) is 6. The second-order valence-electron chi connectivity index (χ2n) is 5.71. The zero-order valence-corrected chi connectivity index (χ0v) is 15.0. The number of carbonyl (C=O) groups is 2. The Morgan fingerprint density at radius 1 is 1.11 bits per heavy atom. The van der Waals surface area contributed by atoms with E-state index in [9.17, 15) is 9.59 Å². The summed E-state index contributed by atoms with van der Waals surface area (Å²) in [4.78, 5) is 24.9. The molecular weight excluding hydrogens is 368 g/mol. The lowest BCUT2D eigenvalue weighted by atomic mass is 10.2. The Morgan fingerprint density at radius 3 is 2.70 bits per heavy atom. The van der Waals surface area contributed by atoms with Crippen LogP contribution < -0.4 is 14.8 Å². The van der Waals surface area contributed by atoms with Gasteiger partial charge >= 0.3 is 5.97 Å². The van der Waals surface area contributed by atoms with E-state index < -0.39 is 11.9 Å². The van der Waals surface area contributed by atoms with Crippen LogP contribution in [0.5, 0.6) is 11.5 Å². The van der Waals surface area contributed by atoms with Crippen molar-refractivity contribution in [3.05, 3.63) is 59.0 Å². The molecule has 0 atom stereocenters. The summed E-state index contributed by atoms with van der Waals surface area (Å²) in [5.41, 5.74) is 1.27. The van der Waals surface area contributed by atoms with Gasteiger partial charge in [0.05, 0.1) is 5.69 Å². The molecule has 0 saturated carbocycles. The van der Waals surface area contributed by atoms with Crippen LogP contribution in [0.1, 0.15) is 9.67 Å². The Labute approximate surface area is 159 Å². The molecule has 3 aromatic rings. The average molecular weight is 384 g/mol. The standard InChI is InChI=1S/C19H16N2O5S/c22-17(20-13-3-4-15-16(11-13)25-9-8-24-15)12-26-19(23)18-14(5-10-27-18)21-6-1-2-7-21/h1-7,10-11H,8-9,12H2,(H,20,22). The summed E-state index contributed by atoms with van der Waals surface area (Å²) in [5.74, 6) is 0.247. The predicted octanol–water partition coefficient (Wildman–Crippen LogP) is 3.11. The molecule has 1 aliphatic heterocycles. The summed E-state index contributed by atoms with van der Waals surface area (Å²) in [5, 5.41) is 4.49. The average Bonchev–Trinajstić information content (AvgIpc) is 3.37. The number of ether oxygens (including phenoxy) is 3. The SMILES string of the molecule is O=C(COC(=O)c1sccc1-n1cccc1)Nc1ccc2c(c1)OCCO2. The minimum Gasteiger partial charge on any atom is -0.486 e.